The molecule has 4 fully saturated rings. The Morgan fingerprint density at radius 2 is 1.78 bits per heavy atom. The van der Waals surface area contributed by atoms with Crippen LogP contribution in [0.3, 0.4) is 0 Å². The van der Waals surface area contributed by atoms with Gasteiger partial charge < -0.3 is 5.73 Å². The van der Waals surface area contributed by atoms with Crippen LogP contribution in [-0.2, 0) is 6.54 Å². The van der Waals surface area contributed by atoms with E-state index < -0.39 is 0 Å². The van der Waals surface area contributed by atoms with Gasteiger partial charge in [0.1, 0.15) is 0 Å². The third-order valence-corrected chi connectivity index (χ3v) is 5.75. The molecule has 1 heterocycles. The van der Waals surface area contributed by atoms with Crippen LogP contribution in [0.4, 0.5) is 0 Å². The topological polar surface area (TPSA) is 43.8 Å². The van der Waals surface area contributed by atoms with Gasteiger partial charge in [-0.25, -0.2) is 0 Å². The van der Waals surface area contributed by atoms with E-state index in [1.165, 1.54) is 32.1 Å². The van der Waals surface area contributed by atoms with Crippen molar-refractivity contribution in [2.24, 2.45) is 35.3 Å². The molecule has 4 saturated carbocycles. The highest BCUT2D eigenvalue weighted by Crippen LogP contribution is 2.57. The second-order valence-corrected chi connectivity index (χ2v) is 6.90. The van der Waals surface area contributed by atoms with Gasteiger partial charge in [0, 0.05) is 18.4 Å². The zero-order valence-corrected chi connectivity index (χ0v) is 10.9. The zero-order chi connectivity index (χ0) is 12.1. The van der Waals surface area contributed by atoms with Crippen molar-refractivity contribution >= 4 is 0 Å². The molecule has 0 amide bonds. The van der Waals surface area contributed by atoms with Crippen molar-refractivity contribution < 1.29 is 0 Å². The summed E-state index contributed by atoms with van der Waals surface area (Å²) >= 11 is 0. The minimum atomic E-state index is 0.305. The number of aromatic nitrogens is 2. The van der Waals surface area contributed by atoms with Gasteiger partial charge in [-0.3, -0.25) is 4.68 Å². The molecule has 5 rings (SSSR count). The summed E-state index contributed by atoms with van der Waals surface area (Å²) in [6.45, 7) is 0.903. The van der Waals surface area contributed by atoms with E-state index in [2.05, 4.69) is 5.10 Å². The zero-order valence-electron chi connectivity index (χ0n) is 10.9. The van der Waals surface area contributed by atoms with Gasteiger partial charge >= 0.3 is 0 Å². The van der Waals surface area contributed by atoms with Crippen molar-refractivity contribution in [3.8, 4) is 0 Å². The van der Waals surface area contributed by atoms with E-state index in [9.17, 15) is 0 Å². The maximum atomic E-state index is 6.53. The first-order valence-corrected chi connectivity index (χ1v) is 7.52. The predicted molar refractivity (Wildman–Crippen MR) is 70.7 cm³/mol. The van der Waals surface area contributed by atoms with Gasteiger partial charge in [-0.1, -0.05) is 0 Å². The van der Waals surface area contributed by atoms with E-state index in [1.54, 1.807) is 0 Å². The minimum Gasteiger partial charge on any atom is -0.326 e. The Morgan fingerprint density at radius 3 is 2.33 bits per heavy atom. The lowest BCUT2D eigenvalue weighted by atomic mass is 9.50. The van der Waals surface area contributed by atoms with Gasteiger partial charge in [0.25, 0.3) is 0 Å². The maximum Gasteiger partial charge on any atom is 0.0563 e. The number of hydrogen-bond acceptors (Lipinski definition) is 2. The third kappa shape index (κ3) is 1.71. The molecule has 18 heavy (non-hydrogen) atoms. The standard InChI is InChI=1S/C15H23N3/c16-14(9-18-3-1-2-17-18)15-12-5-10-4-11(7-12)8-13(15)6-10/h1-3,10-15H,4-9,16H2. The molecule has 4 aliphatic carbocycles. The molecule has 0 spiro atoms. The second-order valence-electron chi connectivity index (χ2n) is 6.90. The smallest absolute Gasteiger partial charge is 0.0563 e. The van der Waals surface area contributed by atoms with Gasteiger partial charge in [-0.05, 0) is 67.8 Å². The SMILES string of the molecule is NC(Cn1cccn1)C1C2CC3CC(C2)CC1C3. The minimum absolute atomic E-state index is 0.305. The van der Waals surface area contributed by atoms with Crippen LogP contribution in [0.1, 0.15) is 32.1 Å². The van der Waals surface area contributed by atoms with Crippen molar-refractivity contribution in [1.29, 1.82) is 0 Å². The lowest BCUT2D eigenvalue weighted by Gasteiger charge is -2.56. The molecule has 3 nitrogen and oxygen atoms in total. The largest absolute Gasteiger partial charge is 0.326 e. The van der Waals surface area contributed by atoms with Crippen molar-refractivity contribution in [2.75, 3.05) is 0 Å². The average Bonchev–Trinajstić information content (AvgIpc) is 2.80. The van der Waals surface area contributed by atoms with Crippen LogP contribution in [0.25, 0.3) is 0 Å². The Bertz CT molecular complexity index is 383. The Morgan fingerprint density at radius 1 is 1.11 bits per heavy atom. The molecular formula is C15H23N3. The molecule has 0 radical (unpaired) electrons. The van der Waals surface area contributed by atoms with Crippen LogP contribution in [0, 0.1) is 29.6 Å². The summed E-state index contributed by atoms with van der Waals surface area (Å²) in [7, 11) is 0. The summed E-state index contributed by atoms with van der Waals surface area (Å²) in [5.74, 6) is 4.70. The lowest BCUT2D eigenvalue weighted by Crippen LogP contribution is -2.52. The van der Waals surface area contributed by atoms with Crippen LogP contribution in [0.2, 0.25) is 0 Å². The third-order valence-electron chi connectivity index (χ3n) is 5.75. The lowest BCUT2D eigenvalue weighted by molar-refractivity contribution is -0.0489. The van der Waals surface area contributed by atoms with E-state index in [1.807, 2.05) is 23.1 Å². The summed E-state index contributed by atoms with van der Waals surface area (Å²) in [6.07, 6.45) is 11.3. The summed E-state index contributed by atoms with van der Waals surface area (Å²) in [6, 6.07) is 2.30. The van der Waals surface area contributed by atoms with E-state index in [0.717, 1.165) is 36.1 Å². The highest BCUT2D eigenvalue weighted by Gasteiger charge is 2.49. The fourth-order valence-corrected chi connectivity index (χ4v) is 5.41. The van der Waals surface area contributed by atoms with Gasteiger partial charge in [0.15, 0.2) is 0 Å². The van der Waals surface area contributed by atoms with E-state index in [0.29, 0.717) is 6.04 Å². The first-order valence-electron chi connectivity index (χ1n) is 7.52. The molecule has 1 atom stereocenters. The summed E-state index contributed by atoms with van der Waals surface area (Å²) in [5, 5.41) is 4.31. The Labute approximate surface area is 109 Å². The van der Waals surface area contributed by atoms with Gasteiger partial charge in [-0.2, -0.15) is 5.10 Å². The second kappa shape index (κ2) is 4.09. The number of nitrogens with zero attached hydrogens (tertiary/aromatic N) is 2. The first-order chi connectivity index (χ1) is 8.79. The molecular weight excluding hydrogens is 222 g/mol. The van der Waals surface area contributed by atoms with Crippen LogP contribution < -0.4 is 5.73 Å². The predicted octanol–water partition coefficient (Wildman–Crippen LogP) is 2.28. The normalized spacial score (nSPS) is 43.3. The molecule has 1 aromatic rings. The molecule has 0 saturated heterocycles. The molecule has 0 aromatic carbocycles. The Balaban J connectivity index is 1.50. The maximum absolute atomic E-state index is 6.53. The number of rotatable bonds is 3. The van der Waals surface area contributed by atoms with E-state index >= 15 is 0 Å². The number of nitrogens with two attached hydrogens (primary N) is 1. The summed E-state index contributed by atoms with van der Waals surface area (Å²) in [4.78, 5) is 0. The quantitative estimate of drug-likeness (QED) is 0.888. The van der Waals surface area contributed by atoms with Crippen LogP contribution >= 0.6 is 0 Å². The highest BCUT2D eigenvalue weighted by molar-refractivity contribution is 5.01. The monoisotopic (exact) mass is 245 g/mol. The highest BCUT2D eigenvalue weighted by atomic mass is 15.3. The average molecular weight is 245 g/mol. The number of hydrogen-bond donors (Lipinski definition) is 1. The molecule has 4 aliphatic rings. The molecule has 1 unspecified atom stereocenters. The van der Waals surface area contributed by atoms with E-state index in [4.69, 9.17) is 5.73 Å². The molecule has 4 bridgehead atoms. The fourth-order valence-electron chi connectivity index (χ4n) is 5.41. The van der Waals surface area contributed by atoms with Crippen LogP contribution in [0.15, 0.2) is 18.5 Å². The van der Waals surface area contributed by atoms with Crippen LogP contribution in [-0.4, -0.2) is 15.8 Å². The van der Waals surface area contributed by atoms with Gasteiger partial charge in [0.2, 0.25) is 0 Å². The summed E-state index contributed by atoms with van der Waals surface area (Å²) < 4.78 is 2.01. The summed E-state index contributed by atoms with van der Waals surface area (Å²) in [5.41, 5.74) is 6.53. The molecule has 3 heteroatoms. The van der Waals surface area contributed by atoms with Crippen molar-refractivity contribution in [3.05, 3.63) is 18.5 Å². The molecule has 1 aromatic heterocycles. The molecule has 2 N–H and O–H groups in total. The van der Waals surface area contributed by atoms with Crippen molar-refractivity contribution in [2.45, 2.75) is 44.7 Å². The molecule has 0 aliphatic heterocycles. The van der Waals surface area contributed by atoms with Crippen molar-refractivity contribution in [1.82, 2.24) is 9.78 Å². The van der Waals surface area contributed by atoms with Gasteiger partial charge in [0.05, 0.1) is 6.54 Å². The Hall–Kier alpha value is -0.830. The van der Waals surface area contributed by atoms with E-state index in [-0.39, 0.29) is 0 Å². The van der Waals surface area contributed by atoms with Crippen LogP contribution in [0.5, 0.6) is 0 Å². The first kappa shape index (κ1) is 11.0. The fraction of sp³-hybridized carbons (Fsp3) is 0.800. The van der Waals surface area contributed by atoms with Gasteiger partial charge in [-0.15, -0.1) is 0 Å². The Kier molecular flexibility index (Phi) is 2.51. The molecule has 98 valence electrons. The van der Waals surface area contributed by atoms with Crippen molar-refractivity contribution in [3.63, 3.8) is 0 Å².